The number of benzene rings is 2. The highest BCUT2D eigenvalue weighted by atomic mass is 35.5. The number of amides is 1. The third-order valence-corrected chi connectivity index (χ3v) is 3.42. The maximum Gasteiger partial charge on any atom is 0.289 e. The average molecular weight is 356 g/mol. The van der Waals surface area contributed by atoms with Gasteiger partial charge in [0, 0.05) is 23.8 Å². The van der Waals surface area contributed by atoms with Crippen LogP contribution in [0.1, 0.15) is 10.4 Å². The highest BCUT2D eigenvalue weighted by Crippen LogP contribution is 2.34. The number of carbonyl (C=O) groups excluding carboxylic acids is 1. The van der Waals surface area contributed by atoms with Crippen LogP contribution in [0.2, 0.25) is 10.0 Å². The molecule has 0 aliphatic rings. The van der Waals surface area contributed by atoms with Crippen LogP contribution in [0.3, 0.4) is 0 Å². The molecule has 0 fully saturated rings. The van der Waals surface area contributed by atoms with Crippen molar-refractivity contribution in [1.29, 1.82) is 0 Å². The van der Waals surface area contributed by atoms with Gasteiger partial charge in [0.25, 0.3) is 17.3 Å². The molecule has 0 aromatic heterocycles. The Morgan fingerprint density at radius 3 is 2.30 bits per heavy atom. The number of nitrogens with one attached hydrogen (secondary N) is 1. The zero-order chi connectivity index (χ0) is 17.1. The molecule has 0 spiro atoms. The van der Waals surface area contributed by atoms with E-state index in [-0.39, 0.29) is 27.0 Å². The van der Waals surface area contributed by atoms with Gasteiger partial charge in [-0.05, 0) is 12.1 Å². The van der Waals surface area contributed by atoms with Crippen LogP contribution in [0.4, 0.5) is 17.1 Å². The Morgan fingerprint density at radius 2 is 1.70 bits per heavy atom. The summed E-state index contributed by atoms with van der Waals surface area (Å²) in [6, 6.07) is 7.22. The normalized spacial score (nSPS) is 10.2. The first-order valence-electron chi connectivity index (χ1n) is 5.99. The molecule has 0 aliphatic heterocycles. The van der Waals surface area contributed by atoms with Gasteiger partial charge in [0.05, 0.1) is 20.6 Å². The largest absolute Gasteiger partial charge is 0.321 e. The number of non-ortho nitro benzene ring substituents is 1. The van der Waals surface area contributed by atoms with E-state index in [4.69, 9.17) is 23.2 Å². The quantitative estimate of drug-likeness (QED) is 0.655. The van der Waals surface area contributed by atoms with Crippen LogP contribution >= 0.6 is 23.2 Å². The molecule has 2 rings (SSSR count). The fraction of sp³-hybridized carbons (Fsp3) is 0. The van der Waals surface area contributed by atoms with Crippen LogP contribution in [0.5, 0.6) is 0 Å². The van der Waals surface area contributed by atoms with Gasteiger partial charge in [-0.3, -0.25) is 25.0 Å². The van der Waals surface area contributed by atoms with E-state index >= 15 is 0 Å². The first-order chi connectivity index (χ1) is 10.8. The van der Waals surface area contributed by atoms with Gasteiger partial charge < -0.3 is 5.32 Å². The Kier molecular flexibility index (Phi) is 4.77. The number of rotatable bonds is 4. The van der Waals surface area contributed by atoms with Crippen molar-refractivity contribution < 1.29 is 14.6 Å². The van der Waals surface area contributed by atoms with Crippen molar-refractivity contribution in [3.05, 3.63) is 72.2 Å². The molecule has 1 amide bonds. The molecule has 2 aromatic rings. The topological polar surface area (TPSA) is 115 Å². The van der Waals surface area contributed by atoms with Crippen LogP contribution in [0.25, 0.3) is 0 Å². The molecule has 0 unspecified atom stereocenters. The minimum Gasteiger partial charge on any atom is -0.321 e. The van der Waals surface area contributed by atoms with Gasteiger partial charge in [-0.2, -0.15) is 0 Å². The Hall–Kier alpha value is -2.71. The van der Waals surface area contributed by atoms with Crippen molar-refractivity contribution >= 4 is 46.2 Å². The molecule has 2 aromatic carbocycles. The van der Waals surface area contributed by atoms with Gasteiger partial charge in [0.15, 0.2) is 0 Å². The van der Waals surface area contributed by atoms with Crippen molar-refractivity contribution in [3.8, 4) is 0 Å². The zero-order valence-corrected chi connectivity index (χ0v) is 12.7. The summed E-state index contributed by atoms with van der Waals surface area (Å²) in [5, 5.41) is 23.6. The molecule has 118 valence electrons. The fourth-order valence-electron chi connectivity index (χ4n) is 1.73. The fourth-order valence-corrected chi connectivity index (χ4v) is 2.17. The average Bonchev–Trinajstić information content (AvgIpc) is 2.50. The van der Waals surface area contributed by atoms with E-state index in [0.29, 0.717) is 0 Å². The predicted octanol–water partition coefficient (Wildman–Crippen LogP) is 4.06. The summed E-state index contributed by atoms with van der Waals surface area (Å²) in [6.45, 7) is 0. The van der Waals surface area contributed by atoms with Gasteiger partial charge in [-0.25, -0.2) is 0 Å². The minimum absolute atomic E-state index is 0.0322. The van der Waals surface area contributed by atoms with E-state index < -0.39 is 21.4 Å². The summed E-state index contributed by atoms with van der Waals surface area (Å²) in [5.41, 5.74) is -0.556. The lowest BCUT2D eigenvalue weighted by atomic mass is 10.2. The number of nitro groups is 2. The van der Waals surface area contributed by atoms with Gasteiger partial charge in [-0.15, -0.1) is 0 Å². The minimum atomic E-state index is -0.708. The lowest BCUT2D eigenvalue weighted by Gasteiger charge is -2.08. The van der Waals surface area contributed by atoms with Gasteiger partial charge >= 0.3 is 0 Å². The maximum atomic E-state index is 12.1. The van der Waals surface area contributed by atoms with E-state index in [2.05, 4.69) is 5.32 Å². The number of hydrogen-bond donors (Lipinski definition) is 1. The molecule has 0 bridgehead atoms. The lowest BCUT2D eigenvalue weighted by Crippen LogP contribution is -2.12. The first-order valence-corrected chi connectivity index (χ1v) is 6.74. The van der Waals surface area contributed by atoms with E-state index in [1.165, 1.54) is 18.2 Å². The second-order valence-electron chi connectivity index (χ2n) is 4.30. The molecule has 10 heteroatoms. The van der Waals surface area contributed by atoms with E-state index in [0.717, 1.165) is 18.2 Å². The Bertz CT molecular complexity index is 825. The van der Waals surface area contributed by atoms with Crippen molar-refractivity contribution in [2.75, 3.05) is 5.32 Å². The maximum absolute atomic E-state index is 12.1. The second kappa shape index (κ2) is 6.59. The predicted molar refractivity (Wildman–Crippen MR) is 84.2 cm³/mol. The number of hydrogen-bond acceptors (Lipinski definition) is 5. The number of halogens is 2. The van der Waals surface area contributed by atoms with Crippen molar-refractivity contribution in [2.45, 2.75) is 0 Å². The third kappa shape index (κ3) is 3.74. The van der Waals surface area contributed by atoms with E-state index in [1.54, 1.807) is 0 Å². The molecule has 8 nitrogen and oxygen atoms in total. The monoisotopic (exact) mass is 355 g/mol. The van der Waals surface area contributed by atoms with Crippen LogP contribution in [-0.4, -0.2) is 15.8 Å². The van der Waals surface area contributed by atoms with Crippen LogP contribution in [0, 0.1) is 20.2 Å². The molecule has 0 heterocycles. The van der Waals surface area contributed by atoms with Crippen LogP contribution in [-0.2, 0) is 0 Å². The SMILES string of the molecule is O=C(Nc1cc(Cl)c([N+](=O)[O-])cc1Cl)c1cccc([N+](=O)[O-])c1. The number of nitrogens with zero attached hydrogens (tertiary/aromatic N) is 2. The highest BCUT2D eigenvalue weighted by molar-refractivity contribution is 6.37. The number of anilines is 1. The Balaban J connectivity index is 2.30. The molecule has 0 atom stereocenters. The van der Waals surface area contributed by atoms with Gasteiger partial charge in [0.2, 0.25) is 0 Å². The molecule has 0 saturated carbocycles. The summed E-state index contributed by atoms with van der Waals surface area (Å²) in [6.07, 6.45) is 0. The summed E-state index contributed by atoms with van der Waals surface area (Å²) in [7, 11) is 0. The van der Waals surface area contributed by atoms with E-state index in [1.807, 2.05) is 0 Å². The Labute approximate surface area is 138 Å². The zero-order valence-electron chi connectivity index (χ0n) is 11.2. The standard InChI is InChI=1S/C13H7Cl2N3O5/c14-9-6-12(18(22)23)10(15)5-11(9)16-13(19)7-2-1-3-8(4-7)17(20)21/h1-6H,(H,16,19). The molecular formula is C13H7Cl2N3O5. The second-order valence-corrected chi connectivity index (χ2v) is 5.12. The molecule has 0 aliphatic carbocycles. The van der Waals surface area contributed by atoms with Gasteiger partial charge in [0.1, 0.15) is 5.02 Å². The first kappa shape index (κ1) is 16.7. The molecular weight excluding hydrogens is 349 g/mol. The van der Waals surface area contributed by atoms with Crippen LogP contribution < -0.4 is 5.32 Å². The summed E-state index contributed by atoms with van der Waals surface area (Å²) in [5.74, 6) is -0.666. The number of nitro benzene ring substituents is 2. The molecule has 1 N–H and O–H groups in total. The smallest absolute Gasteiger partial charge is 0.289 e. The highest BCUT2D eigenvalue weighted by Gasteiger charge is 2.18. The van der Waals surface area contributed by atoms with Crippen molar-refractivity contribution in [2.24, 2.45) is 0 Å². The van der Waals surface area contributed by atoms with Gasteiger partial charge in [-0.1, -0.05) is 29.3 Å². The molecule has 0 saturated heterocycles. The summed E-state index contributed by atoms with van der Waals surface area (Å²) >= 11 is 11.6. The van der Waals surface area contributed by atoms with Crippen LogP contribution in [0.15, 0.2) is 36.4 Å². The van der Waals surface area contributed by atoms with Crippen molar-refractivity contribution in [3.63, 3.8) is 0 Å². The van der Waals surface area contributed by atoms with Crippen molar-refractivity contribution in [1.82, 2.24) is 0 Å². The third-order valence-electron chi connectivity index (χ3n) is 2.80. The number of carbonyl (C=O) groups is 1. The summed E-state index contributed by atoms with van der Waals surface area (Å²) in [4.78, 5) is 32.2. The Morgan fingerprint density at radius 1 is 1.00 bits per heavy atom. The van der Waals surface area contributed by atoms with E-state index in [9.17, 15) is 25.0 Å². The lowest BCUT2D eigenvalue weighted by molar-refractivity contribution is -0.385. The summed E-state index contributed by atoms with van der Waals surface area (Å²) < 4.78 is 0. The molecule has 0 radical (unpaired) electrons. The molecule has 23 heavy (non-hydrogen) atoms.